The number of aromatic amines is 1. The number of primary amides is 1. The van der Waals surface area contributed by atoms with Crippen LogP contribution in [0.1, 0.15) is 106 Å². The van der Waals surface area contributed by atoms with Gasteiger partial charge in [-0.25, -0.2) is 4.98 Å². The maximum absolute atomic E-state index is 15.2. The van der Waals surface area contributed by atoms with Crippen LogP contribution in [0.3, 0.4) is 0 Å². The van der Waals surface area contributed by atoms with Gasteiger partial charge in [-0.05, 0) is 92.6 Å². The standard InChI is InChI=1S/C76H105N19O20S3/c1-41(96)62-73(113)85-49(22-23-59(97)98)66(106)87-52(31-43-15-7-4-8-16-43)68(108)91-55(38-117-36-44-17-9-18-45(29-44)37-118-39-56(92-64(104)47(77)24-28-116-2)74(114)95-27-12-21-58(95)75(115)94-26-11-20-57(94)72(112)93-62)71(111)90-54(34-61(101)102)70(110)89-53(32-46-35-81-40-83-46)69(109)88-51(30-42-13-5-3-6-14-42)67(107)84-48(19-10-25-82-76(79)80)65(105)86-50(63(78)103)33-60(99)100/h3-9,13-18,29,35,40-41,47-58,62,75,96,115H,10-12,19-28,30-34,36-39,77H2,1-2H3,(H2,78,103)(H,81,83)(H,84,107)(H,85,113)(H,86,105)(H,87,106)(H,88,109)(H,89,110)(H,90,111)(H,91,108)(H,92,104)(H,93,112)(H,97,98)(H,99,100)(H,101,102)(H4,79,80,82)/t41-,47-,48+,49+,50+,51+,52+,53+,54+,55+,56+,57+,58+,62+,75?/m1/s1. The van der Waals surface area contributed by atoms with E-state index < -0.39 is 218 Å². The zero-order chi connectivity index (χ0) is 86.1. The number of guanidine groups is 1. The maximum Gasteiger partial charge on any atom is 0.305 e. The normalized spacial score (nSPS) is 21.7. The highest BCUT2D eigenvalue weighted by molar-refractivity contribution is 7.99. The fourth-order valence-electron chi connectivity index (χ4n) is 13.5. The number of carboxylic acid groups (broad SMARTS) is 3. The van der Waals surface area contributed by atoms with E-state index in [0.717, 1.165) is 17.3 Å². The van der Waals surface area contributed by atoms with Crippen molar-refractivity contribution in [1.82, 2.24) is 78.3 Å². The molecule has 7 rings (SSSR count). The summed E-state index contributed by atoms with van der Waals surface area (Å²) < 4.78 is 0. The molecule has 0 saturated carbocycles. The third-order valence-corrected chi connectivity index (χ3v) is 22.5. The fourth-order valence-corrected chi connectivity index (χ4v) is 16.0. The number of aliphatic hydroxyl groups excluding tert-OH is 2. The Hall–Kier alpha value is -10.9. The van der Waals surface area contributed by atoms with E-state index in [-0.39, 0.29) is 80.4 Å². The topological polar surface area (TPSA) is 627 Å². The number of H-pyrrole nitrogens is 1. The molecule has 3 aliphatic rings. The first-order chi connectivity index (χ1) is 56.3. The van der Waals surface area contributed by atoms with Gasteiger partial charge in [0.05, 0.1) is 49.1 Å². The number of rotatable bonds is 34. The third kappa shape index (κ3) is 30.2. The van der Waals surface area contributed by atoms with Crippen LogP contribution in [0.25, 0.3) is 0 Å². The molecule has 12 amide bonds. The SMILES string of the molecule is CSCC[C@@H](N)C(=O)N[C@H]1CSCc2cccc(c2)CSC[C@@H](C(=O)N[C@@H](CC(=O)O)C(=O)N[C@@H](Cc2c[nH]cn2)C(=O)N[C@@H](Cc2ccccc2)C(=O)N[C@@H](CCCNC(=N)N)C(=O)N[C@@H](CC(=O)O)C(N)=O)NC(=O)[C@H](Cc2ccccc2)NC(=O)[C@H](CCC(=O)O)NC(=O)[C@H]([C@@H](C)O)NC(=O)[C@@H]2CCCN2C(O)[C@@H]2CCCN2C1=O. The summed E-state index contributed by atoms with van der Waals surface area (Å²) in [4.78, 5) is 220. The second-order valence-electron chi connectivity index (χ2n) is 28.7. The summed E-state index contributed by atoms with van der Waals surface area (Å²) in [5.74, 6) is -16.7. The van der Waals surface area contributed by atoms with Crippen molar-refractivity contribution >= 4 is 130 Å². The monoisotopic (exact) mass is 1700 g/mol. The molecule has 0 aliphatic carbocycles. The fraction of sp³-hybridized carbons (Fsp3) is 0.513. The lowest BCUT2D eigenvalue weighted by Crippen LogP contribution is -2.62. The number of carbonyl (C=O) groups excluding carboxylic acids is 12. The van der Waals surface area contributed by atoms with Gasteiger partial charge in [0.1, 0.15) is 66.6 Å². The van der Waals surface area contributed by atoms with Gasteiger partial charge in [0.25, 0.3) is 0 Å². The molecule has 4 heterocycles. The second-order valence-corrected chi connectivity index (χ2v) is 31.8. The molecule has 1 unspecified atom stereocenters. The highest BCUT2D eigenvalue weighted by atomic mass is 32.2. The number of carbonyl (C=O) groups is 15. The Balaban J connectivity index is 1.24. The van der Waals surface area contributed by atoms with Gasteiger partial charge in [0.15, 0.2) is 5.96 Å². The summed E-state index contributed by atoms with van der Waals surface area (Å²) in [6.45, 7) is 1.51. The van der Waals surface area contributed by atoms with Crippen LogP contribution in [0.15, 0.2) is 97.5 Å². The number of nitrogens with two attached hydrogens (primary N) is 3. The van der Waals surface area contributed by atoms with Gasteiger partial charge in [-0.3, -0.25) is 82.2 Å². The highest BCUT2D eigenvalue weighted by Gasteiger charge is 2.46. The molecule has 2 bridgehead atoms. The number of imidazole rings is 1. The van der Waals surface area contributed by atoms with Crippen molar-refractivity contribution in [2.24, 2.45) is 17.2 Å². The van der Waals surface area contributed by atoms with E-state index in [9.17, 15) is 87.9 Å². The highest BCUT2D eigenvalue weighted by Crippen LogP contribution is 2.30. The number of aromatic nitrogens is 2. The average molecular weight is 1700 g/mol. The molecular weight excluding hydrogens is 1600 g/mol. The average Bonchev–Trinajstić information content (AvgIpc) is 1.64. The molecule has 0 spiro atoms. The molecule has 3 aromatic carbocycles. The summed E-state index contributed by atoms with van der Waals surface area (Å²) >= 11 is 3.86. The Morgan fingerprint density at radius 1 is 0.653 bits per heavy atom. The number of amides is 12. The summed E-state index contributed by atoms with van der Waals surface area (Å²) in [5, 5.41) is 88.6. The van der Waals surface area contributed by atoms with Gasteiger partial charge in [-0.1, -0.05) is 84.9 Å². The zero-order valence-corrected chi connectivity index (χ0v) is 67.6. The molecule has 118 heavy (non-hydrogen) atoms. The van der Waals surface area contributed by atoms with Gasteiger partial charge in [0.2, 0.25) is 70.9 Å². The number of hydrogen-bond donors (Lipinski definition) is 21. The maximum atomic E-state index is 15.2. The minimum Gasteiger partial charge on any atom is -0.481 e. The van der Waals surface area contributed by atoms with Crippen LogP contribution in [0.5, 0.6) is 0 Å². The Kier molecular flexibility index (Phi) is 37.9. The lowest BCUT2D eigenvalue weighted by Gasteiger charge is -2.38. The van der Waals surface area contributed by atoms with E-state index in [1.165, 1.54) is 52.8 Å². The molecule has 24 N–H and O–H groups in total. The number of hydrogen-bond acceptors (Lipinski definition) is 24. The smallest absolute Gasteiger partial charge is 0.305 e. The Morgan fingerprint density at radius 2 is 1.24 bits per heavy atom. The molecule has 642 valence electrons. The Bertz CT molecular complexity index is 4140. The lowest BCUT2D eigenvalue weighted by atomic mass is 10.0. The zero-order valence-electron chi connectivity index (χ0n) is 65.1. The van der Waals surface area contributed by atoms with Crippen molar-refractivity contribution in [3.8, 4) is 0 Å². The lowest BCUT2D eigenvalue weighted by molar-refractivity contribution is -0.145. The number of carboxylic acids is 3. The van der Waals surface area contributed by atoms with Crippen molar-refractivity contribution < 1.29 is 97.5 Å². The van der Waals surface area contributed by atoms with Crippen LogP contribution in [0, 0.1) is 5.41 Å². The van der Waals surface area contributed by atoms with Gasteiger partial charge >= 0.3 is 17.9 Å². The Morgan fingerprint density at radius 3 is 1.85 bits per heavy atom. The Labute approximate surface area is 692 Å². The summed E-state index contributed by atoms with van der Waals surface area (Å²) in [7, 11) is 0. The van der Waals surface area contributed by atoms with Gasteiger partial charge < -0.3 is 111 Å². The van der Waals surface area contributed by atoms with Crippen LogP contribution in [0.4, 0.5) is 0 Å². The van der Waals surface area contributed by atoms with Crippen molar-refractivity contribution in [3.63, 3.8) is 0 Å². The summed E-state index contributed by atoms with van der Waals surface area (Å²) in [5.41, 5.74) is 19.6. The number of nitrogens with zero attached hydrogens (tertiary/aromatic N) is 3. The number of fused-ring (bicyclic) bond motifs is 4. The minimum absolute atomic E-state index is 0.00611. The second kappa shape index (κ2) is 47.5. The van der Waals surface area contributed by atoms with Gasteiger partial charge in [-0.2, -0.15) is 35.3 Å². The van der Waals surface area contributed by atoms with Crippen LogP contribution in [-0.4, -0.2) is 274 Å². The van der Waals surface area contributed by atoms with Crippen molar-refractivity contribution in [2.75, 3.05) is 43.1 Å². The molecule has 15 atom stereocenters. The first-order valence-corrected chi connectivity index (χ1v) is 42.0. The molecule has 4 aromatic rings. The van der Waals surface area contributed by atoms with Gasteiger partial charge in [-0.15, -0.1) is 0 Å². The van der Waals surface area contributed by atoms with Crippen LogP contribution >= 0.6 is 35.3 Å². The number of aliphatic hydroxyl groups is 2. The van der Waals surface area contributed by atoms with E-state index in [2.05, 4.69) is 68.5 Å². The van der Waals surface area contributed by atoms with E-state index in [4.69, 9.17) is 22.6 Å². The van der Waals surface area contributed by atoms with Crippen LogP contribution in [-0.2, 0) is 103 Å². The number of thioether (sulfide) groups is 3. The first kappa shape index (κ1) is 94.2. The molecule has 1 aromatic heterocycles. The van der Waals surface area contributed by atoms with Crippen LogP contribution in [0.2, 0.25) is 0 Å². The van der Waals surface area contributed by atoms with E-state index in [1.807, 2.05) is 18.4 Å². The minimum atomic E-state index is -2.10. The number of benzene rings is 3. The molecule has 2 saturated heterocycles. The third-order valence-electron chi connectivity index (χ3n) is 19.6. The van der Waals surface area contributed by atoms with E-state index >= 15 is 9.59 Å². The molecular formula is C76H105N19O20S3. The number of aliphatic carboxylic acids is 3. The predicted molar refractivity (Wildman–Crippen MR) is 434 cm³/mol. The largest absolute Gasteiger partial charge is 0.481 e. The van der Waals surface area contributed by atoms with Crippen LogP contribution < -0.4 is 75.7 Å². The van der Waals surface area contributed by atoms with Gasteiger partial charge in [0, 0.05) is 74.5 Å². The van der Waals surface area contributed by atoms with Crippen molar-refractivity contribution in [3.05, 3.63) is 125 Å². The molecule has 39 nitrogen and oxygen atoms in total. The quantitative estimate of drug-likeness (QED) is 0.0121. The number of nitrogens with one attached hydrogen (secondary N) is 13. The van der Waals surface area contributed by atoms with E-state index in [1.54, 1.807) is 72.8 Å². The first-order valence-electron chi connectivity index (χ1n) is 38.3. The van der Waals surface area contributed by atoms with E-state index in [0.29, 0.717) is 48.1 Å². The predicted octanol–water partition coefficient (Wildman–Crippen LogP) is -3.74. The molecule has 3 aliphatic heterocycles. The van der Waals surface area contributed by atoms with Crippen molar-refractivity contribution in [2.45, 2.75) is 199 Å². The molecule has 2 fully saturated rings. The summed E-state index contributed by atoms with van der Waals surface area (Å²) in [6.07, 6.45) is -1.90. The van der Waals surface area contributed by atoms with Crippen molar-refractivity contribution in [1.29, 1.82) is 5.41 Å². The molecule has 0 radical (unpaired) electrons. The summed E-state index contributed by atoms with van der Waals surface area (Å²) in [6, 6.07) is 3.30. The molecule has 42 heteroatoms.